The lowest BCUT2D eigenvalue weighted by molar-refractivity contribution is 0.180. The first-order chi connectivity index (χ1) is 15.3. The van der Waals surface area contributed by atoms with Crippen LogP contribution in [0.25, 0.3) is 22.3 Å². The van der Waals surface area contributed by atoms with Gasteiger partial charge in [-0.1, -0.05) is 30.3 Å². The Morgan fingerprint density at radius 2 is 1.39 bits per heavy atom. The number of ether oxygens (including phenoxy) is 2. The summed E-state index contributed by atoms with van der Waals surface area (Å²) in [4.78, 5) is 37.8. The van der Waals surface area contributed by atoms with Crippen molar-refractivity contribution in [3.8, 4) is 22.8 Å². The molecule has 33 heavy (non-hydrogen) atoms. The number of nitrogens with one attached hydrogen (secondary N) is 2. The van der Waals surface area contributed by atoms with Crippen LogP contribution in [-0.2, 0) is 0 Å². The minimum absolute atomic E-state index is 0.00790. The van der Waals surface area contributed by atoms with Gasteiger partial charge in [-0.25, -0.2) is 9.59 Å². The first-order valence-electron chi connectivity index (χ1n) is 10.5. The number of fused-ring (bicyclic) bond motifs is 1. The van der Waals surface area contributed by atoms with Gasteiger partial charge in [-0.3, -0.25) is 4.79 Å². The number of hydrogen-bond donors (Lipinski definition) is 2. The zero-order valence-corrected chi connectivity index (χ0v) is 19.6. The summed E-state index contributed by atoms with van der Waals surface area (Å²) < 4.78 is 17.0. The maximum atomic E-state index is 12.8. The average molecular weight is 453 g/mol. The molecule has 0 saturated carbocycles. The lowest BCUT2D eigenvalue weighted by Crippen LogP contribution is -2.43. The van der Waals surface area contributed by atoms with Gasteiger partial charge in [-0.15, -0.1) is 0 Å². The highest BCUT2D eigenvalue weighted by Gasteiger charge is 2.24. The van der Waals surface area contributed by atoms with Gasteiger partial charge in [0.25, 0.3) is 0 Å². The number of amides is 2. The Morgan fingerprint density at radius 1 is 0.818 bits per heavy atom. The van der Waals surface area contributed by atoms with E-state index in [9.17, 15) is 14.4 Å². The predicted octanol–water partition coefficient (Wildman–Crippen LogP) is 5.23. The molecular weight excluding hydrogens is 424 g/mol. The Bertz CT molecular complexity index is 1230. The molecule has 0 saturated heterocycles. The molecule has 0 atom stereocenters. The minimum atomic E-state index is -0.788. The van der Waals surface area contributed by atoms with Crippen LogP contribution in [0.15, 0.2) is 57.7 Å². The van der Waals surface area contributed by atoms with Crippen LogP contribution in [0, 0.1) is 0 Å². The molecule has 0 unspecified atom stereocenters. The number of carbonyl (C=O) groups is 2. The molecule has 3 aromatic rings. The molecule has 2 aromatic carbocycles. The molecule has 1 heterocycles. The molecule has 174 valence electrons. The van der Waals surface area contributed by atoms with Crippen molar-refractivity contribution in [1.29, 1.82) is 0 Å². The maximum absolute atomic E-state index is 12.8. The second-order valence-electron chi connectivity index (χ2n) is 9.64. The molecule has 2 N–H and O–H groups in total. The van der Waals surface area contributed by atoms with Crippen molar-refractivity contribution in [1.82, 2.24) is 10.6 Å². The third-order valence-corrected chi connectivity index (χ3v) is 4.23. The van der Waals surface area contributed by atoms with Crippen molar-refractivity contribution >= 4 is 23.2 Å². The van der Waals surface area contributed by atoms with E-state index in [1.165, 1.54) is 18.2 Å². The van der Waals surface area contributed by atoms with Crippen molar-refractivity contribution in [3.63, 3.8) is 0 Å². The summed E-state index contributed by atoms with van der Waals surface area (Å²) in [6.07, 6.45) is -1.53. The molecule has 2 amide bonds. The molecule has 8 nitrogen and oxygen atoms in total. The number of rotatable bonds is 3. The van der Waals surface area contributed by atoms with Crippen LogP contribution in [-0.4, -0.2) is 23.3 Å². The van der Waals surface area contributed by atoms with E-state index in [0.717, 1.165) is 0 Å². The second-order valence-corrected chi connectivity index (χ2v) is 9.64. The van der Waals surface area contributed by atoms with Crippen LogP contribution in [0.4, 0.5) is 9.59 Å². The number of benzene rings is 2. The van der Waals surface area contributed by atoms with Crippen LogP contribution < -0.4 is 25.5 Å². The Morgan fingerprint density at radius 3 is 1.97 bits per heavy atom. The monoisotopic (exact) mass is 452 g/mol. The second kappa shape index (κ2) is 8.97. The van der Waals surface area contributed by atoms with E-state index in [2.05, 4.69) is 10.6 Å². The standard InChI is InChI=1S/C25H28N2O6/c1-24(2,3)26-22(29)32-18-13-12-16-17(28)14-19(15-10-8-7-9-11-15)31-20(16)21(18)33-23(30)27-25(4,5)6/h7-14H,1-6H3,(H,26,29)(H,27,30). The summed E-state index contributed by atoms with van der Waals surface area (Å²) in [5, 5.41) is 5.53. The minimum Gasteiger partial charge on any atom is -0.452 e. The fraction of sp³-hybridized carbons (Fsp3) is 0.320. The largest absolute Gasteiger partial charge is 0.452 e. The van der Waals surface area contributed by atoms with Crippen molar-refractivity contribution in [2.24, 2.45) is 0 Å². The number of hydrogen-bond acceptors (Lipinski definition) is 6. The van der Waals surface area contributed by atoms with Gasteiger partial charge in [0.05, 0.1) is 5.39 Å². The maximum Gasteiger partial charge on any atom is 0.413 e. The van der Waals surface area contributed by atoms with Gasteiger partial charge in [0.15, 0.2) is 16.8 Å². The molecular formula is C25H28N2O6. The van der Waals surface area contributed by atoms with Gasteiger partial charge in [0.1, 0.15) is 5.76 Å². The Hall–Kier alpha value is -3.81. The van der Waals surface area contributed by atoms with Gasteiger partial charge in [-0.05, 0) is 53.7 Å². The zero-order valence-electron chi connectivity index (χ0n) is 19.6. The topological polar surface area (TPSA) is 107 Å². The summed E-state index contributed by atoms with van der Waals surface area (Å²) in [6.45, 7) is 10.8. The van der Waals surface area contributed by atoms with E-state index < -0.39 is 23.3 Å². The van der Waals surface area contributed by atoms with Crippen molar-refractivity contribution < 1.29 is 23.5 Å². The first-order valence-corrected chi connectivity index (χ1v) is 10.5. The van der Waals surface area contributed by atoms with E-state index in [-0.39, 0.29) is 33.7 Å². The molecule has 0 spiro atoms. The van der Waals surface area contributed by atoms with E-state index in [1.54, 1.807) is 53.7 Å². The quantitative estimate of drug-likeness (QED) is 0.563. The van der Waals surface area contributed by atoms with Crippen molar-refractivity contribution in [2.45, 2.75) is 52.6 Å². The summed E-state index contributed by atoms with van der Waals surface area (Å²) >= 11 is 0. The molecule has 1 aromatic heterocycles. The van der Waals surface area contributed by atoms with E-state index >= 15 is 0 Å². The molecule has 0 aliphatic carbocycles. The summed E-state index contributed by atoms with van der Waals surface area (Å²) in [5.41, 5.74) is -0.805. The predicted molar refractivity (Wildman–Crippen MR) is 126 cm³/mol. The molecule has 0 radical (unpaired) electrons. The fourth-order valence-electron chi connectivity index (χ4n) is 2.95. The molecule has 3 rings (SSSR count). The number of carbonyl (C=O) groups excluding carboxylic acids is 2. The first kappa shape index (κ1) is 23.8. The van der Waals surface area contributed by atoms with Crippen LogP contribution in [0.1, 0.15) is 41.5 Å². The van der Waals surface area contributed by atoms with Gasteiger partial charge < -0.3 is 24.5 Å². The van der Waals surface area contributed by atoms with Gasteiger partial charge >= 0.3 is 12.2 Å². The van der Waals surface area contributed by atoms with Crippen LogP contribution >= 0.6 is 0 Å². The van der Waals surface area contributed by atoms with Crippen LogP contribution in [0.3, 0.4) is 0 Å². The Kier molecular flexibility index (Phi) is 6.48. The van der Waals surface area contributed by atoms with Gasteiger partial charge in [-0.2, -0.15) is 0 Å². The summed E-state index contributed by atoms with van der Waals surface area (Å²) in [7, 11) is 0. The third-order valence-electron chi connectivity index (χ3n) is 4.23. The molecule has 0 bridgehead atoms. The molecule has 8 heteroatoms. The highest BCUT2D eigenvalue weighted by molar-refractivity contribution is 5.90. The van der Waals surface area contributed by atoms with Crippen LogP contribution in [0.2, 0.25) is 0 Å². The van der Waals surface area contributed by atoms with Crippen LogP contribution in [0.5, 0.6) is 11.5 Å². The van der Waals surface area contributed by atoms with Crippen molar-refractivity contribution in [2.75, 3.05) is 0 Å². The normalized spacial score (nSPS) is 11.7. The molecule has 0 aliphatic heterocycles. The fourth-order valence-corrected chi connectivity index (χ4v) is 2.95. The lowest BCUT2D eigenvalue weighted by Gasteiger charge is -2.22. The Balaban J connectivity index is 2.15. The SMILES string of the molecule is CC(C)(C)NC(=O)Oc1ccc2c(=O)cc(-c3ccccc3)oc2c1OC(=O)NC(C)(C)C. The molecule has 0 aliphatic rings. The van der Waals surface area contributed by atoms with E-state index in [1.807, 2.05) is 18.2 Å². The summed E-state index contributed by atoms with van der Waals surface area (Å²) in [6, 6.07) is 13.3. The smallest absolute Gasteiger partial charge is 0.413 e. The van der Waals surface area contributed by atoms with Gasteiger partial charge in [0, 0.05) is 22.7 Å². The highest BCUT2D eigenvalue weighted by atomic mass is 16.6. The van der Waals surface area contributed by atoms with E-state index in [0.29, 0.717) is 5.56 Å². The average Bonchev–Trinajstić information content (AvgIpc) is 2.67. The lowest BCUT2D eigenvalue weighted by atomic mass is 10.1. The third kappa shape index (κ3) is 6.35. The van der Waals surface area contributed by atoms with Crippen molar-refractivity contribution in [3.05, 3.63) is 58.8 Å². The highest BCUT2D eigenvalue weighted by Crippen LogP contribution is 2.37. The zero-order chi connectivity index (χ0) is 24.4. The Labute approximate surface area is 191 Å². The summed E-state index contributed by atoms with van der Waals surface area (Å²) in [5.74, 6) is 0.0420. The van der Waals surface area contributed by atoms with E-state index in [4.69, 9.17) is 13.9 Å². The van der Waals surface area contributed by atoms with Gasteiger partial charge in [0.2, 0.25) is 5.75 Å². The molecule has 0 fully saturated rings.